The molecule has 5 heteroatoms. The average Bonchev–Trinajstić information content (AvgIpc) is 2.87. The highest BCUT2D eigenvalue weighted by Gasteiger charge is 2.17. The number of thioether (sulfide) groups is 1. The third-order valence-corrected chi connectivity index (χ3v) is 5.97. The standard InChI is InChI=1S/C27H22N2O2S/c28-17-25-24(20-10-4-1-5-11-20)16-26(21-12-6-2-7-13-21)29-27(25)32-19-22(30)18-31-23-14-8-3-9-15-23/h1-16,22,30H,18-19H2. The van der Waals surface area contributed by atoms with Gasteiger partial charge in [-0.3, -0.25) is 0 Å². The second kappa shape index (κ2) is 10.6. The molecule has 1 heterocycles. The van der Waals surface area contributed by atoms with E-state index in [4.69, 9.17) is 9.72 Å². The van der Waals surface area contributed by atoms with Gasteiger partial charge in [-0.15, -0.1) is 11.8 Å². The lowest BCUT2D eigenvalue weighted by Crippen LogP contribution is -2.20. The summed E-state index contributed by atoms with van der Waals surface area (Å²) < 4.78 is 5.65. The van der Waals surface area contributed by atoms with Gasteiger partial charge in [0, 0.05) is 16.9 Å². The molecule has 1 N–H and O–H groups in total. The molecule has 1 atom stereocenters. The van der Waals surface area contributed by atoms with Gasteiger partial charge < -0.3 is 9.84 Å². The van der Waals surface area contributed by atoms with E-state index in [9.17, 15) is 10.4 Å². The van der Waals surface area contributed by atoms with E-state index in [-0.39, 0.29) is 6.61 Å². The van der Waals surface area contributed by atoms with Gasteiger partial charge in [-0.2, -0.15) is 5.26 Å². The third kappa shape index (κ3) is 5.36. The van der Waals surface area contributed by atoms with Gasteiger partial charge in [-0.05, 0) is 23.8 Å². The second-order valence-electron chi connectivity index (χ2n) is 7.17. The van der Waals surface area contributed by atoms with Gasteiger partial charge in [0.2, 0.25) is 0 Å². The summed E-state index contributed by atoms with van der Waals surface area (Å²) in [6, 6.07) is 33.4. The van der Waals surface area contributed by atoms with Crippen LogP contribution >= 0.6 is 11.8 Å². The Kier molecular flexibility index (Phi) is 7.19. The lowest BCUT2D eigenvalue weighted by molar-refractivity contribution is 0.126. The molecular formula is C27H22N2O2S. The molecule has 1 aromatic heterocycles. The molecule has 0 radical (unpaired) electrons. The molecule has 0 spiro atoms. The summed E-state index contributed by atoms with van der Waals surface area (Å²) in [6.45, 7) is 0.169. The smallest absolute Gasteiger partial charge is 0.119 e. The minimum Gasteiger partial charge on any atom is -0.491 e. The quantitative estimate of drug-likeness (QED) is 0.351. The molecule has 0 aliphatic carbocycles. The maximum absolute atomic E-state index is 10.5. The molecule has 4 nitrogen and oxygen atoms in total. The first-order valence-corrected chi connectivity index (χ1v) is 11.3. The van der Waals surface area contributed by atoms with E-state index in [1.807, 2.05) is 97.1 Å². The predicted octanol–water partition coefficient (Wildman–Crippen LogP) is 5.82. The van der Waals surface area contributed by atoms with Crippen molar-refractivity contribution in [1.82, 2.24) is 4.98 Å². The van der Waals surface area contributed by atoms with Crippen LogP contribution < -0.4 is 4.74 Å². The average molecular weight is 439 g/mol. The van der Waals surface area contributed by atoms with Crippen LogP contribution in [-0.2, 0) is 0 Å². The Hall–Kier alpha value is -3.59. The van der Waals surface area contributed by atoms with Gasteiger partial charge in [0.25, 0.3) is 0 Å². The normalized spacial score (nSPS) is 11.5. The number of aromatic nitrogens is 1. The van der Waals surface area contributed by atoms with Crippen LogP contribution in [0.15, 0.2) is 102 Å². The molecule has 0 saturated carbocycles. The first-order valence-electron chi connectivity index (χ1n) is 10.3. The SMILES string of the molecule is N#Cc1c(-c2ccccc2)cc(-c2ccccc2)nc1SCC(O)COc1ccccc1. The zero-order chi connectivity index (χ0) is 22.2. The van der Waals surface area contributed by atoms with Crippen molar-refractivity contribution in [2.24, 2.45) is 0 Å². The van der Waals surface area contributed by atoms with Gasteiger partial charge in [0.1, 0.15) is 23.5 Å². The molecule has 0 amide bonds. The first-order chi connectivity index (χ1) is 15.7. The Morgan fingerprint density at radius 1 is 0.875 bits per heavy atom. The van der Waals surface area contributed by atoms with Crippen molar-refractivity contribution in [3.05, 3.63) is 103 Å². The molecule has 0 saturated heterocycles. The van der Waals surface area contributed by atoms with Crippen LogP contribution in [0.1, 0.15) is 5.56 Å². The van der Waals surface area contributed by atoms with E-state index in [2.05, 4.69) is 6.07 Å². The summed E-state index contributed by atoms with van der Waals surface area (Å²) in [5.74, 6) is 1.07. The number of rotatable bonds is 8. The summed E-state index contributed by atoms with van der Waals surface area (Å²) in [6.07, 6.45) is -0.700. The Morgan fingerprint density at radius 2 is 1.47 bits per heavy atom. The highest BCUT2D eigenvalue weighted by atomic mass is 32.2. The number of aliphatic hydroxyl groups is 1. The molecule has 32 heavy (non-hydrogen) atoms. The molecule has 0 bridgehead atoms. The highest BCUT2D eigenvalue weighted by molar-refractivity contribution is 7.99. The molecule has 0 aliphatic rings. The van der Waals surface area contributed by atoms with Crippen molar-refractivity contribution in [1.29, 1.82) is 5.26 Å². The Bertz CT molecular complexity index is 1190. The van der Waals surface area contributed by atoms with Crippen molar-refractivity contribution in [3.8, 4) is 34.2 Å². The number of aliphatic hydroxyl groups excluding tert-OH is 1. The van der Waals surface area contributed by atoms with Crippen LogP contribution in [0.2, 0.25) is 0 Å². The van der Waals surface area contributed by atoms with Crippen molar-refractivity contribution in [2.75, 3.05) is 12.4 Å². The van der Waals surface area contributed by atoms with Crippen LogP contribution in [0.25, 0.3) is 22.4 Å². The van der Waals surface area contributed by atoms with Crippen LogP contribution in [0, 0.1) is 11.3 Å². The molecule has 1 unspecified atom stereocenters. The van der Waals surface area contributed by atoms with Gasteiger partial charge in [0.05, 0.1) is 17.4 Å². The molecule has 4 rings (SSSR count). The van der Waals surface area contributed by atoms with E-state index < -0.39 is 6.10 Å². The number of ether oxygens (including phenoxy) is 1. The van der Waals surface area contributed by atoms with Crippen molar-refractivity contribution in [2.45, 2.75) is 11.1 Å². The summed E-state index contributed by atoms with van der Waals surface area (Å²) in [4.78, 5) is 4.78. The largest absolute Gasteiger partial charge is 0.491 e. The summed E-state index contributed by atoms with van der Waals surface area (Å²) in [5, 5.41) is 21.0. The number of pyridine rings is 1. The number of nitriles is 1. The maximum atomic E-state index is 10.5. The van der Waals surface area contributed by atoms with Gasteiger partial charge in [0.15, 0.2) is 0 Å². The third-order valence-electron chi connectivity index (χ3n) is 4.85. The van der Waals surface area contributed by atoms with Crippen LogP contribution in [0.5, 0.6) is 5.75 Å². The minimum absolute atomic E-state index is 0.169. The number of benzene rings is 3. The van der Waals surface area contributed by atoms with E-state index in [1.165, 1.54) is 11.8 Å². The zero-order valence-electron chi connectivity index (χ0n) is 17.4. The van der Waals surface area contributed by atoms with Crippen LogP contribution in [0.4, 0.5) is 0 Å². The zero-order valence-corrected chi connectivity index (χ0v) is 18.2. The Morgan fingerprint density at radius 3 is 2.09 bits per heavy atom. The maximum Gasteiger partial charge on any atom is 0.119 e. The molecule has 4 aromatic rings. The molecule has 0 fully saturated rings. The van der Waals surface area contributed by atoms with Crippen LogP contribution in [-0.4, -0.2) is 28.6 Å². The van der Waals surface area contributed by atoms with Crippen LogP contribution in [0.3, 0.4) is 0 Å². The Labute approximate surface area is 192 Å². The predicted molar refractivity (Wildman–Crippen MR) is 128 cm³/mol. The van der Waals surface area contributed by atoms with Gasteiger partial charge in [-0.25, -0.2) is 4.98 Å². The summed E-state index contributed by atoms with van der Waals surface area (Å²) in [5.41, 5.74) is 4.07. The fourth-order valence-corrected chi connectivity index (χ4v) is 4.18. The topological polar surface area (TPSA) is 66.1 Å². The molecule has 0 aliphatic heterocycles. The lowest BCUT2D eigenvalue weighted by atomic mass is 9.99. The van der Waals surface area contributed by atoms with E-state index in [1.54, 1.807) is 0 Å². The van der Waals surface area contributed by atoms with Crippen molar-refractivity contribution < 1.29 is 9.84 Å². The fraction of sp³-hybridized carbons (Fsp3) is 0.111. The minimum atomic E-state index is -0.700. The number of nitrogens with zero attached hydrogens (tertiary/aromatic N) is 2. The first kappa shape index (κ1) is 21.6. The number of hydrogen-bond donors (Lipinski definition) is 1. The molecule has 158 valence electrons. The van der Waals surface area contributed by atoms with E-state index >= 15 is 0 Å². The van der Waals surface area contributed by atoms with Gasteiger partial charge in [-0.1, -0.05) is 78.9 Å². The van der Waals surface area contributed by atoms with Crippen molar-refractivity contribution in [3.63, 3.8) is 0 Å². The molecule has 3 aromatic carbocycles. The number of hydrogen-bond acceptors (Lipinski definition) is 5. The van der Waals surface area contributed by atoms with Crippen molar-refractivity contribution >= 4 is 11.8 Å². The van der Waals surface area contributed by atoms with E-state index in [0.717, 1.165) is 22.4 Å². The lowest BCUT2D eigenvalue weighted by Gasteiger charge is -2.15. The summed E-state index contributed by atoms with van der Waals surface area (Å²) in [7, 11) is 0. The fourth-order valence-electron chi connectivity index (χ4n) is 3.27. The van der Waals surface area contributed by atoms with E-state index in [0.29, 0.717) is 22.1 Å². The highest BCUT2D eigenvalue weighted by Crippen LogP contribution is 2.34. The Balaban J connectivity index is 1.60. The van der Waals surface area contributed by atoms with Gasteiger partial charge >= 0.3 is 0 Å². The monoisotopic (exact) mass is 438 g/mol. The number of para-hydroxylation sites is 1. The second-order valence-corrected chi connectivity index (χ2v) is 8.18. The summed E-state index contributed by atoms with van der Waals surface area (Å²) >= 11 is 1.37. The molecular weight excluding hydrogens is 416 g/mol.